The average Bonchev–Trinajstić information content (AvgIpc) is 2.47. The van der Waals surface area contributed by atoms with Gasteiger partial charge in [0.25, 0.3) is 11.6 Å². The Morgan fingerprint density at radius 3 is 2.48 bits per heavy atom. The minimum Gasteiger partial charge on any atom is -0.321 e. The molecule has 0 aromatic heterocycles. The molecule has 0 aliphatic carbocycles. The maximum Gasteiger partial charge on any atom is 0.269 e. The summed E-state index contributed by atoms with van der Waals surface area (Å²) in [7, 11) is 0. The van der Waals surface area contributed by atoms with E-state index in [4.69, 9.17) is 5.26 Å². The Kier molecular flexibility index (Phi) is 3.90. The van der Waals surface area contributed by atoms with Crippen LogP contribution in [0.5, 0.6) is 0 Å². The maximum atomic E-state index is 13.4. The summed E-state index contributed by atoms with van der Waals surface area (Å²) < 4.78 is 13.4. The van der Waals surface area contributed by atoms with Crippen molar-refractivity contribution in [2.24, 2.45) is 0 Å². The van der Waals surface area contributed by atoms with Gasteiger partial charge in [0.15, 0.2) is 0 Å². The van der Waals surface area contributed by atoms with Crippen LogP contribution >= 0.6 is 0 Å². The summed E-state index contributed by atoms with van der Waals surface area (Å²) in [5.41, 5.74) is -0.211. The first-order valence-electron chi connectivity index (χ1n) is 5.77. The number of hydrogen-bond acceptors (Lipinski definition) is 4. The van der Waals surface area contributed by atoms with Gasteiger partial charge in [0.2, 0.25) is 0 Å². The standard InChI is InChI=1S/C14H8FN3O3/c15-12-2-1-3-13(11(12)8-16)17-14(19)9-4-6-10(7-5-9)18(20)21/h1-7H,(H,17,19). The molecule has 1 amide bonds. The Labute approximate surface area is 118 Å². The number of nitro benzene ring substituents is 1. The second-order valence-electron chi connectivity index (χ2n) is 4.03. The molecular weight excluding hydrogens is 277 g/mol. The third kappa shape index (κ3) is 3.01. The summed E-state index contributed by atoms with van der Waals surface area (Å²) in [5.74, 6) is -1.33. The lowest BCUT2D eigenvalue weighted by Crippen LogP contribution is -2.13. The highest BCUT2D eigenvalue weighted by atomic mass is 19.1. The Bertz CT molecular complexity index is 751. The second kappa shape index (κ2) is 5.79. The average molecular weight is 285 g/mol. The van der Waals surface area contributed by atoms with Crippen molar-refractivity contribution in [3.05, 3.63) is 69.5 Å². The highest BCUT2D eigenvalue weighted by Gasteiger charge is 2.13. The van der Waals surface area contributed by atoms with E-state index in [-0.39, 0.29) is 22.5 Å². The van der Waals surface area contributed by atoms with Crippen LogP contribution in [0.15, 0.2) is 42.5 Å². The first-order valence-corrected chi connectivity index (χ1v) is 5.77. The van der Waals surface area contributed by atoms with E-state index < -0.39 is 16.6 Å². The van der Waals surface area contributed by atoms with Gasteiger partial charge in [0, 0.05) is 17.7 Å². The highest BCUT2D eigenvalue weighted by molar-refractivity contribution is 6.05. The maximum absolute atomic E-state index is 13.4. The summed E-state index contributed by atoms with van der Waals surface area (Å²) in [6.07, 6.45) is 0. The topological polar surface area (TPSA) is 96.0 Å². The van der Waals surface area contributed by atoms with Crippen molar-refractivity contribution in [2.45, 2.75) is 0 Å². The molecule has 0 fully saturated rings. The van der Waals surface area contributed by atoms with Crippen LogP contribution in [0.4, 0.5) is 15.8 Å². The van der Waals surface area contributed by atoms with Crippen LogP contribution in [0.1, 0.15) is 15.9 Å². The largest absolute Gasteiger partial charge is 0.321 e. The fourth-order valence-corrected chi connectivity index (χ4v) is 1.67. The van der Waals surface area contributed by atoms with Crippen LogP contribution < -0.4 is 5.32 Å². The van der Waals surface area contributed by atoms with Crippen molar-refractivity contribution in [2.75, 3.05) is 5.32 Å². The van der Waals surface area contributed by atoms with E-state index >= 15 is 0 Å². The first kappa shape index (κ1) is 14.1. The van der Waals surface area contributed by atoms with Gasteiger partial charge in [-0.3, -0.25) is 14.9 Å². The van der Waals surface area contributed by atoms with E-state index in [0.29, 0.717) is 0 Å². The molecule has 2 rings (SSSR count). The van der Waals surface area contributed by atoms with Gasteiger partial charge in [-0.25, -0.2) is 4.39 Å². The monoisotopic (exact) mass is 285 g/mol. The minimum atomic E-state index is -0.737. The number of anilines is 1. The predicted octanol–water partition coefficient (Wildman–Crippen LogP) is 2.86. The third-order valence-electron chi connectivity index (χ3n) is 2.71. The zero-order chi connectivity index (χ0) is 15.4. The van der Waals surface area contributed by atoms with Crippen LogP contribution in [-0.2, 0) is 0 Å². The molecule has 0 bridgehead atoms. The van der Waals surface area contributed by atoms with Crippen molar-refractivity contribution in [3.63, 3.8) is 0 Å². The quantitative estimate of drug-likeness (QED) is 0.692. The fraction of sp³-hybridized carbons (Fsp3) is 0. The van der Waals surface area contributed by atoms with E-state index in [1.54, 1.807) is 6.07 Å². The van der Waals surface area contributed by atoms with Crippen molar-refractivity contribution in [1.29, 1.82) is 5.26 Å². The highest BCUT2D eigenvalue weighted by Crippen LogP contribution is 2.19. The molecule has 0 spiro atoms. The molecule has 7 heteroatoms. The Morgan fingerprint density at radius 2 is 1.90 bits per heavy atom. The molecule has 2 aromatic rings. The SMILES string of the molecule is N#Cc1c(F)cccc1NC(=O)c1ccc([N+](=O)[O-])cc1. The van der Waals surface area contributed by atoms with E-state index in [1.807, 2.05) is 0 Å². The van der Waals surface area contributed by atoms with Crippen molar-refractivity contribution in [3.8, 4) is 6.07 Å². The van der Waals surface area contributed by atoms with E-state index in [0.717, 1.165) is 6.07 Å². The van der Waals surface area contributed by atoms with Gasteiger partial charge in [-0.15, -0.1) is 0 Å². The predicted molar refractivity (Wildman–Crippen MR) is 72.2 cm³/mol. The molecule has 0 saturated carbocycles. The van der Waals surface area contributed by atoms with Gasteiger partial charge in [-0.05, 0) is 24.3 Å². The number of carbonyl (C=O) groups excluding carboxylic acids is 1. The molecule has 0 aliphatic rings. The van der Waals surface area contributed by atoms with E-state index in [9.17, 15) is 19.3 Å². The summed E-state index contributed by atoms with van der Waals surface area (Å²) in [6, 6.07) is 10.5. The van der Waals surface area contributed by atoms with Crippen molar-refractivity contribution < 1.29 is 14.1 Å². The minimum absolute atomic E-state index is 0.0425. The molecular formula is C14H8FN3O3. The van der Waals surface area contributed by atoms with Gasteiger partial charge in [0.05, 0.1) is 10.6 Å². The van der Waals surface area contributed by atoms with Crippen LogP contribution in [0.3, 0.4) is 0 Å². The van der Waals surface area contributed by atoms with Gasteiger partial charge in [-0.1, -0.05) is 6.07 Å². The Balaban J connectivity index is 2.25. The molecule has 104 valence electrons. The first-order chi connectivity index (χ1) is 10.0. The number of amides is 1. The fourth-order valence-electron chi connectivity index (χ4n) is 1.67. The second-order valence-corrected chi connectivity index (χ2v) is 4.03. The van der Waals surface area contributed by atoms with Gasteiger partial charge in [-0.2, -0.15) is 5.26 Å². The zero-order valence-corrected chi connectivity index (χ0v) is 10.5. The molecule has 1 N–H and O–H groups in total. The number of non-ortho nitro benzene ring substituents is 1. The smallest absolute Gasteiger partial charge is 0.269 e. The lowest BCUT2D eigenvalue weighted by Gasteiger charge is -2.07. The number of nitro groups is 1. The number of rotatable bonds is 3. The normalized spacial score (nSPS) is 9.71. The van der Waals surface area contributed by atoms with Crippen molar-refractivity contribution >= 4 is 17.3 Å². The van der Waals surface area contributed by atoms with Crippen LogP contribution in [0.2, 0.25) is 0 Å². The van der Waals surface area contributed by atoms with Crippen LogP contribution in [0, 0.1) is 27.3 Å². The van der Waals surface area contributed by atoms with Gasteiger partial charge >= 0.3 is 0 Å². The molecule has 0 unspecified atom stereocenters. The van der Waals surface area contributed by atoms with Crippen molar-refractivity contribution in [1.82, 2.24) is 0 Å². The summed E-state index contributed by atoms with van der Waals surface area (Å²) >= 11 is 0. The summed E-state index contributed by atoms with van der Waals surface area (Å²) in [5, 5.41) is 21.8. The van der Waals surface area contributed by atoms with E-state index in [1.165, 1.54) is 36.4 Å². The lowest BCUT2D eigenvalue weighted by atomic mass is 10.1. The molecule has 21 heavy (non-hydrogen) atoms. The van der Waals surface area contributed by atoms with Gasteiger partial charge in [0.1, 0.15) is 17.4 Å². The molecule has 0 atom stereocenters. The lowest BCUT2D eigenvalue weighted by molar-refractivity contribution is -0.384. The third-order valence-corrected chi connectivity index (χ3v) is 2.71. The summed E-state index contributed by atoms with van der Waals surface area (Å²) in [4.78, 5) is 21.9. The number of benzene rings is 2. The molecule has 0 radical (unpaired) electrons. The number of halogens is 1. The number of nitriles is 1. The molecule has 6 nitrogen and oxygen atoms in total. The zero-order valence-electron chi connectivity index (χ0n) is 10.5. The van der Waals surface area contributed by atoms with Gasteiger partial charge < -0.3 is 5.32 Å². The number of nitrogens with one attached hydrogen (secondary N) is 1. The Hall–Kier alpha value is -3.27. The Morgan fingerprint density at radius 1 is 1.24 bits per heavy atom. The summed E-state index contributed by atoms with van der Waals surface area (Å²) in [6.45, 7) is 0. The number of nitrogens with zero attached hydrogens (tertiary/aromatic N) is 2. The number of carbonyl (C=O) groups is 1. The molecule has 0 saturated heterocycles. The molecule has 0 aliphatic heterocycles. The van der Waals surface area contributed by atoms with E-state index in [2.05, 4.69) is 5.32 Å². The molecule has 2 aromatic carbocycles. The van der Waals surface area contributed by atoms with Crippen LogP contribution in [-0.4, -0.2) is 10.8 Å². The number of hydrogen-bond donors (Lipinski definition) is 1. The molecule has 0 heterocycles. The van der Waals surface area contributed by atoms with Crippen LogP contribution in [0.25, 0.3) is 0 Å².